The van der Waals surface area contributed by atoms with Crippen LogP contribution in [0.5, 0.6) is 0 Å². The molecule has 7 aromatic rings. The van der Waals surface area contributed by atoms with Crippen LogP contribution in [0.4, 0.5) is 34.6 Å². The van der Waals surface area contributed by atoms with E-state index in [1.807, 2.05) is 34.9 Å². The first-order valence-corrected chi connectivity index (χ1v) is 23.4. The minimum atomic E-state index is -3.15. The maximum absolute atomic E-state index is 15.8. The van der Waals surface area contributed by atoms with Crippen LogP contribution in [0.2, 0.25) is 0 Å². The van der Waals surface area contributed by atoms with E-state index in [9.17, 15) is 19.2 Å². The Balaban J connectivity index is 0.655. The summed E-state index contributed by atoms with van der Waals surface area (Å²) in [5.74, 6) is -5.41. The number of rotatable bonds is 10. The first-order chi connectivity index (χ1) is 32.9. The number of nitrogens with one attached hydrogen (secondary N) is 3. The van der Waals surface area contributed by atoms with Gasteiger partial charge in [-0.05, 0) is 73.3 Å². The second kappa shape index (κ2) is 16.0. The van der Waals surface area contributed by atoms with Gasteiger partial charge in [-0.3, -0.25) is 44.6 Å². The lowest BCUT2D eigenvalue weighted by Crippen LogP contribution is -2.73. The third-order valence-corrected chi connectivity index (χ3v) is 14.7. The van der Waals surface area contributed by atoms with Gasteiger partial charge in [0.2, 0.25) is 11.8 Å². The Labute approximate surface area is 389 Å². The van der Waals surface area contributed by atoms with Crippen LogP contribution in [0.3, 0.4) is 0 Å². The number of benzene rings is 2. The van der Waals surface area contributed by atoms with Gasteiger partial charge >= 0.3 is 6.03 Å². The van der Waals surface area contributed by atoms with E-state index in [-0.39, 0.29) is 71.6 Å². The van der Waals surface area contributed by atoms with E-state index < -0.39 is 36.3 Å². The summed E-state index contributed by atoms with van der Waals surface area (Å²) in [7, 11) is 0. The Kier molecular flexibility index (Phi) is 9.90. The number of hydrogen-bond donors (Lipinski definition) is 3. The van der Waals surface area contributed by atoms with Crippen LogP contribution in [0.1, 0.15) is 48.3 Å². The highest BCUT2D eigenvalue weighted by atomic mass is 32.1. The highest BCUT2D eigenvalue weighted by Crippen LogP contribution is 2.44. The predicted molar refractivity (Wildman–Crippen MR) is 244 cm³/mol. The van der Waals surface area contributed by atoms with Gasteiger partial charge in [0.05, 0.1) is 53.0 Å². The summed E-state index contributed by atoms with van der Waals surface area (Å²) in [5, 5.41) is 19.8. The summed E-state index contributed by atoms with van der Waals surface area (Å²) in [6, 6.07) is 12.8. The highest BCUT2D eigenvalue weighted by Gasteiger charge is 2.54. The molecule has 2 unspecified atom stereocenters. The largest absolute Gasteiger partial charge is 0.370 e. The number of alkyl halides is 2. The SMILES string of the molecule is O=C1CCN(c2n[nH]c3nc(C4CCN(CC(=O)N5CC6(C5)CN(c5ccc(-c7cc(F)c8cn(C(C(=O)Nc9nccs9)c9ncn%10c9CCC%10)nc8c7)cc5)C6)CC4(F)F)ccc23)C(=O)N1. The fraction of sp³-hybridized carbons (Fsp3) is 0.370. The molecule has 0 radical (unpaired) electrons. The average molecular weight is 945 g/mol. The van der Waals surface area contributed by atoms with Crippen molar-refractivity contribution in [2.75, 3.05) is 67.5 Å². The Morgan fingerprint density at radius 1 is 0.941 bits per heavy atom. The molecule has 5 aliphatic heterocycles. The summed E-state index contributed by atoms with van der Waals surface area (Å²) >= 11 is 1.30. The molecule has 5 aliphatic rings. The Bertz CT molecular complexity index is 3160. The number of aryl methyl sites for hydroxylation is 1. The molecule has 5 aromatic heterocycles. The molecule has 0 saturated carbocycles. The van der Waals surface area contributed by atoms with Gasteiger partial charge in [0.1, 0.15) is 5.82 Å². The number of H-pyrrole nitrogens is 1. The van der Waals surface area contributed by atoms with Crippen molar-refractivity contribution in [2.45, 2.75) is 50.1 Å². The van der Waals surface area contributed by atoms with Gasteiger partial charge in [0.25, 0.3) is 11.8 Å². The van der Waals surface area contributed by atoms with E-state index in [1.54, 1.807) is 35.1 Å². The van der Waals surface area contributed by atoms with Crippen LogP contribution < -0.4 is 20.4 Å². The van der Waals surface area contributed by atoms with Crippen molar-refractivity contribution >= 4 is 73.7 Å². The molecule has 3 N–H and O–H groups in total. The van der Waals surface area contributed by atoms with Crippen LogP contribution in [-0.4, -0.2) is 131 Å². The van der Waals surface area contributed by atoms with Gasteiger partial charge in [0, 0.05) is 80.3 Å². The normalized spacial score (nSPS) is 20.4. The number of pyridine rings is 1. The minimum Gasteiger partial charge on any atom is -0.370 e. The lowest BCUT2D eigenvalue weighted by molar-refractivity contribution is -0.149. The van der Waals surface area contributed by atoms with Gasteiger partial charge in [-0.1, -0.05) is 12.1 Å². The van der Waals surface area contributed by atoms with E-state index in [0.717, 1.165) is 49.4 Å². The Morgan fingerprint density at radius 2 is 1.78 bits per heavy atom. The molecule has 2 aromatic carbocycles. The van der Waals surface area contributed by atoms with Crippen molar-refractivity contribution in [1.29, 1.82) is 0 Å². The molecule has 1 spiro atoms. The number of fused-ring (bicyclic) bond motifs is 3. The number of halogens is 3. The standard InChI is InChI=1S/C46H43F3N14O4S/c47-32-16-27(17-34-30(32)18-63(57-34)39(42(66)54-43-50-11-15-68-43)38-35-2-1-12-59(35)25-51-38)26-3-5-28(6-4-26)60-20-45(21-60)22-61(23-45)37(65)19-58-13-9-31(46(48,49)24-58)33-8-7-29-40(52-33)55-56-41(29)62-14-10-36(64)53-44(62)67/h3-8,11,15-18,25,31,39H,1-2,9-10,12-14,19-24H2,(H,50,54,66)(H,52,55,56)(H,53,64,67). The van der Waals surface area contributed by atoms with Crippen LogP contribution in [0, 0.1) is 11.2 Å². The maximum Gasteiger partial charge on any atom is 0.329 e. The lowest BCUT2D eigenvalue weighted by Gasteiger charge is -2.61. The zero-order valence-electron chi connectivity index (χ0n) is 36.4. The van der Waals surface area contributed by atoms with Crippen molar-refractivity contribution in [3.63, 3.8) is 0 Å². The highest BCUT2D eigenvalue weighted by molar-refractivity contribution is 7.13. The smallest absolute Gasteiger partial charge is 0.329 e. The first-order valence-electron chi connectivity index (χ1n) is 22.5. The molecular weight excluding hydrogens is 902 g/mol. The number of aromatic amines is 1. The number of likely N-dealkylation sites (tertiary alicyclic amines) is 2. The average Bonchev–Trinajstić information content (AvgIpc) is 4.14. The number of hydrogen-bond acceptors (Lipinski definition) is 12. The molecule has 0 aliphatic carbocycles. The van der Waals surface area contributed by atoms with Crippen molar-refractivity contribution < 1.29 is 32.3 Å². The number of imide groups is 1. The molecule has 0 bridgehead atoms. The molecule has 4 saturated heterocycles. The van der Waals surface area contributed by atoms with Gasteiger partial charge in [-0.2, -0.15) is 10.2 Å². The van der Waals surface area contributed by atoms with Gasteiger partial charge in [-0.25, -0.2) is 32.9 Å². The monoisotopic (exact) mass is 944 g/mol. The maximum atomic E-state index is 15.8. The molecule has 348 valence electrons. The Hall–Kier alpha value is -7.20. The van der Waals surface area contributed by atoms with Crippen molar-refractivity contribution in [2.24, 2.45) is 5.41 Å². The number of thiazole rings is 1. The van der Waals surface area contributed by atoms with Crippen molar-refractivity contribution in [3.05, 3.63) is 95.5 Å². The minimum absolute atomic E-state index is 0.0595. The van der Waals surface area contributed by atoms with Crippen molar-refractivity contribution in [3.8, 4) is 11.1 Å². The summed E-state index contributed by atoms with van der Waals surface area (Å²) in [5.41, 5.74) is 4.79. The number of urea groups is 1. The fourth-order valence-corrected chi connectivity index (χ4v) is 11.1. The Morgan fingerprint density at radius 3 is 2.56 bits per heavy atom. The third kappa shape index (κ3) is 7.32. The number of piperidine rings is 1. The zero-order valence-corrected chi connectivity index (χ0v) is 37.2. The molecule has 68 heavy (non-hydrogen) atoms. The summed E-state index contributed by atoms with van der Waals surface area (Å²) in [6.45, 7) is 3.20. The zero-order chi connectivity index (χ0) is 46.5. The molecule has 2 atom stereocenters. The van der Waals surface area contributed by atoms with Gasteiger partial charge in [0.15, 0.2) is 22.6 Å². The number of imidazole rings is 1. The van der Waals surface area contributed by atoms with Crippen LogP contribution in [0.15, 0.2) is 72.6 Å². The number of carbonyl (C=O) groups is 4. The number of carbonyl (C=O) groups excluding carboxylic acids is 4. The van der Waals surface area contributed by atoms with Crippen LogP contribution >= 0.6 is 11.3 Å². The predicted octanol–water partition coefficient (Wildman–Crippen LogP) is 5.16. The van der Waals surface area contributed by atoms with E-state index >= 15 is 13.2 Å². The second-order valence-corrected chi connectivity index (χ2v) is 19.4. The second-order valence-electron chi connectivity index (χ2n) is 18.5. The molecular formula is C46H43F3N14O4S. The first kappa shape index (κ1) is 42.2. The van der Waals surface area contributed by atoms with Gasteiger partial charge in [-0.15, -0.1) is 11.3 Å². The lowest BCUT2D eigenvalue weighted by atomic mass is 9.72. The summed E-state index contributed by atoms with van der Waals surface area (Å²) in [4.78, 5) is 71.2. The van der Waals surface area contributed by atoms with Crippen molar-refractivity contribution in [1.82, 2.24) is 54.6 Å². The number of amides is 5. The fourth-order valence-electron chi connectivity index (χ4n) is 10.6. The molecule has 22 heteroatoms. The number of aromatic nitrogens is 8. The molecule has 10 heterocycles. The molecule has 4 fully saturated rings. The number of anilines is 3. The quantitative estimate of drug-likeness (QED) is 0.164. The summed E-state index contributed by atoms with van der Waals surface area (Å²) < 4.78 is 50.9. The van der Waals surface area contributed by atoms with E-state index in [4.69, 9.17) is 5.10 Å². The van der Waals surface area contributed by atoms with Gasteiger partial charge < -0.3 is 14.4 Å². The van der Waals surface area contributed by atoms with Crippen LogP contribution in [0.25, 0.3) is 33.1 Å². The molecule has 12 rings (SSSR count). The van der Waals surface area contributed by atoms with Crippen LogP contribution in [-0.2, 0) is 27.3 Å². The van der Waals surface area contributed by atoms with E-state index in [2.05, 4.69) is 40.7 Å². The van der Waals surface area contributed by atoms with E-state index in [0.29, 0.717) is 46.9 Å². The molecule has 18 nitrogen and oxygen atoms in total. The number of nitrogens with zero attached hydrogens (tertiary/aromatic N) is 11. The summed E-state index contributed by atoms with van der Waals surface area (Å²) in [6.07, 6.45) is 6.86. The third-order valence-electron chi connectivity index (χ3n) is 14.0. The van der Waals surface area contributed by atoms with E-state index in [1.165, 1.54) is 38.0 Å². The molecule has 5 amide bonds. The topological polar surface area (TPSA) is 195 Å².